The van der Waals surface area contributed by atoms with Crippen molar-refractivity contribution in [3.63, 3.8) is 0 Å². The lowest BCUT2D eigenvalue weighted by Gasteiger charge is -2.01. The maximum absolute atomic E-state index is 8.75. The molecule has 0 radical (unpaired) electrons. The number of nitrogens with zero attached hydrogens (tertiary/aromatic N) is 2. The smallest absolute Gasteiger partial charge is 0.201 e. The number of amidine groups is 1. The van der Waals surface area contributed by atoms with Gasteiger partial charge in [-0.25, -0.2) is 0 Å². The zero-order chi connectivity index (χ0) is 14.0. The molecule has 2 rings (SSSR count). The minimum atomic E-state index is -0.357. The Morgan fingerprint density at radius 2 is 2.21 bits per heavy atom. The highest BCUT2D eigenvalue weighted by Gasteiger charge is 2.05. The molecule has 2 aromatic rings. The van der Waals surface area contributed by atoms with Crippen LogP contribution >= 0.6 is 0 Å². The Kier molecular flexibility index (Phi) is 3.21. The molecule has 1 heterocycles. The third-order valence-electron chi connectivity index (χ3n) is 2.97. The van der Waals surface area contributed by atoms with Crippen molar-refractivity contribution in [3.05, 3.63) is 29.5 Å². The molecule has 6 nitrogen and oxygen atoms in total. The maximum atomic E-state index is 8.75. The number of hydrazone groups is 1. The molecule has 1 aromatic heterocycles. The molecule has 1 aromatic carbocycles. The van der Waals surface area contributed by atoms with Gasteiger partial charge in [-0.2, -0.15) is 10.4 Å². The quantitative estimate of drug-likeness (QED) is 0.381. The Hall–Kier alpha value is -2.81. The summed E-state index contributed by atoms with van der Waals surface area (Å²) in [6, 6.07) is 7.47. The average molecular weight is 254 g/mol. The van der Waals surface area contributed by atoms with Crippen molar-refractivity contribution in [2.24, 2.45) is 10.8 Å². The van der Waals surface area contributed by atoms with Gasteiger partial charge >= 0.3 is 0 Å². The van der Waals surface area contributed by atoms with Crippen LogP contribution in [0.2, 0.25) is 0 Å². The van der Waals surface area contributed by atoms with E-state index in [4.69, 9.17) is 16.4 Å². The highest BCUT2D eigenvalue weighted by molar-refractivity contribution is 6.45. The number of anilines is 1. The number of hydrogen-bond donors (Lipinski definition) is 4. The first kappa shape index (κ1) is 12.6. The van der Waals surface area contributed by atoms with E-state index in [0.717, 1.165) is 22.3 Å². The van der Waals surface area contributed by atoms with Gasteiger partial charge in [0.15, 0.2) is 5.84 Å². The van der Waals surface area contributed by atoms with Crippen LogP contribution in [-0.4, -0.2) is 16.5 Å². The predicted molar refractivity (Wildman–Crippen MR) is 76.4 cm³/mol. The summed E-state index contributed by atoms with van der Waals surface area (Å²) in [6.07, 6.45) is 0. The first-order valence-corrected chi connectivity index (χ1v) is 5.70. The number of fused-ring (bicyclic) bond motifs is 1. The van der Waals surface area contributed by atoms with Crippen LogP contribution in [0.5, 0.6) is 0 Å². The molecule has 0 fully saturated rings. The van der Waals surface area contributed by atoms with E-state index in [0.29, 0.717) is 0 Å². The molecule has 0 unspecified atom stereocenters. The molecule has 96 valence electrons. The highest BCUT2D eigenvalue weighted by atomic mass is 15.3. The number of nitrogens with two attached hydrogens (primary N) is 1. The minimum absolute atomic E-state index is 0.137. The van der Waals surface area contributed by atoms with E-state index in [1.807, 2.05) is 32.0 Å². The number of nitrogens with one attached hydrogen (secondary N) is 3. The van der Waals surface area contributed by atoms with E-state index in [1.54, 1.807) is 6.07 Å². The summed E-state index contributed by atoms with van der Waals surface area (Å²) in [7, 11) is 0. The molecule has 19 heavy (non-hydrogen) atoms. The summed E-state index contributed by atoms with van der Waals surface area (Å²) in [6.45, 7) is 4.06. The normalized spacial score (nSPS) is 11.3. The van der Waals surface area contributed by atoms with Gasteiger partial charge in [0, 0.05) is 16.6 Å². The number of rotatable bonds is 3. The summed E-state index contributed by atoms with van der Waals surface area (Å²) in [5, 5.41) is 20.8. The largest absolute Gasteiger partial charge is 0.382 e. The third kappa shape index (κ3) is 2.40. The zero-order valence-corrected chi connectivity index (χ0v) is 10.7. The van der Waals surface area contributed by atoms with E-state index in [1.165, 1.54) is 5.56 Å². The SMILES string of the molecule is Cc1[nH]c2ccc(N/N=C(\C#N)C(=N)N)cc2c1C. The minimum Gasteiger partial charge on any atom is -0.382 e. The van der Waals surface area contributed by atoms with Crippen LogP contribution in [0.1, 0.15) is 11.3 Å². The predicted octanol–water partition coefficient (Wildman–Crippen LogP) is 2.01. The number of aryl methyl sites for hydroxylation is 2. The molecule has 0 atom stereocenters. The number of H-pyrrole nitrogens is 1. The van der Waals surface area contributed by atoms with Crippen molar-refractivity contribution in [1.82, 2.24) is 4.98 Å². The second-order valence-corrected chi connectivity index (χ2v) is 4.23. The van der Waals surface area contributed by atoms with Crippen LogP contribution in [0.3, 0.4) is 0 Å². The van der Waals surface area contributed by atoms with Crippen LogP contribution < -0.4 is 11.2 Å². The number of nitriles is 1. The van der Waals surface area contributed by atoms with Gasteiger partial charge in [-0.3, -0.25) is 10.8 Å². The molecule has 0 aliphatic carbocycles. The molecule has 0 saturated carbocycles. The van der Waals surface area contributed by atoms with Gasteiger partial charge in [0.1, 0.15) is 6.07 Å². The summed E-state index contributed by atoms with van der Waals surface area (Å²) < 4.78 is 0. The van der Waals surface area contributed by atoms with Crippen molar-refractivity contribution in [1.29, 1.82) is 10.7 Å². The van der Waals surface area contributed by atoms with Gasteiger partial charge in [0.2, 0.25) is 5.71 Å². The van der Waals surface area contributed by atoms with Crippen molar-refractivity contribution >= 4 is 28.1 Å². The molecule has 0 aliphatic rings. The molecule has 0 aliphatic heterocycles. The van der Waals surface area contributed by atoms with Crippen LogP contribution in [-0.2, 0) is 0 Å². The maximum Gasteiger partial charge on any atom is 0.201 e. The molecule has 6 heteroatoms. The summed E-state index contributed by atoms with van der Waals surface area (Å²) in [4.78, 5) is 3.28. The Labute approximate surface area is 110 Å². The molecule has 0 spiro atoms. The molecule has 0 saturated heterocycles. The summed E-state index contributed by atoms with van der Waals surface area (Å²) in [5.41, 5.74) is 11.9. The number of hydrogen-bond acceptors (Lipinski definition) is 4. The summed E-state index contributed by atoms with van der Waals surface area (Å²) in [5.74, 6) is -0.357. The van der Waals surface area contributed by atoms with E-state index in [2.05, 4.69) is 15.5 Å². The van der Waals surface area contributed by atoms with Gasteiger partial charge in [-0.1, -0.05) is 0 Å². The van der Waals surface area contributed by atoms with Gasteiger partial charge in [-0.05, 0) is 37.6 Å². The van der Waals surface area contributed by atoms with Crippen LogP contribution in [0.4, 0.5) is 5.69 Å². The fourth-order valence-corrected chi connectivity index (χ4v) is 1.80. The van der Waals surface area contributed by atoms with Crippen molar-refractivity contribution < 1.29 is 0 Å². The van der Waals surface area contributed by atoms with Crippen molar-refractivity contribution in [3.8, 4) is 6.07 Å². The Morgan fingerprint density at radius 3 is 2.84 bits per heavy atom. The highest BCUT2D eigenvalue weighted by Crippen LogP contribution is 2.24. The molecular weight excluding hydrogens is 240 g/mol. The first-order valence-electron chi connectivity index (χ1n) is 5.70. The van der Waals surface area contributed by atoms with Crippen molar-refractivity contribution in [2.75, 3.05) is 5.43 Å². The number of benzene rings is 1. The van der Waals surface area contributed by atoms with Crippen molar-refractivity contribution in [2.45, 2.75) is 13.8 Å². The van der Waals surface area contributed by atoms with E-state index in [9.17, 15) is 0 Å². The van der Waals surface area contributed by atoms with Crippen LogP contribution in [0.15, 0.2) is 23.3 Å². The van der Waals surface area contributed by atoms with Gasteiger partial charge in [0.05, 0.1) is 5.69 Å². The van der Waals surface area contributed by atoms with Gasteiger partial charge in [-0.15, -0.1) is 0 Å². The Bertz CT molecular complexity index is 717. The molecule has 0 amide bonds. The van der Waals surface area contributed by atoms with Crippen LogP contribution in [0, 0.1) is 30.6 Å². The lowest BCUT2D eigenvalue weighted by atomic mass is 10.1. The fourth-order valence-electron chi connectivity index (χ4n) is 1.80. The number of aromatic amines is 1. The lowest BCUT2D eigenvalue weighted by molar-refractivity contribution is 1.25. The topological polar surface area (TPSA) is 114 Å². The van der Waals surface area contributed by atoms with Crippen LogP contribution in [0.25, 0.3) is 10.9 Å². The third-order valence-corrected chi connectivity index (χ3v) is 2.97. The Morgan fingerprint density at radius 1 is 1.47 bits per heavy atom. The molecule has 0 bridgehead atoms. The van der Waals surface area contributed by atoms with E-state index < -0.39 is 0 Å². The summed E-state index contributed by atoms with van der Waals surface area (Å²) >= 11 is 0. The number of aromatic nitrogens is 1. The second-order valence-electron chi connectivity index (χ2n) is 4.23. The second kappa shape index (κ2) is 4.82. The monoisotopic (exact) mass is 254 g/mol. The first-order chi connectivity index (χ1) is 9.02. The van der Waals surface area contributed by atoms with Gasteiger partial charge < -0.3 is 10.7 Å². The lowest BCUT2D eigenvalue weighted by Crippen LogP contribution is -2.21. The fraction of sp³-hybridized carbons (Fsp3) is 0.154. The molecule has 5 N–H and O–H groups in total. The molecular formula is C13H14N6. The van der Waals surface area contributed by atoms with E-state index >= 15 is 0 Å². The van der Waals surface area contributed by atoms with E-state index in [-0.39, 0.29) is 11.5 Å². The average Bonchev–Trinajstić information content (AvgIpc) is 2.66. The Balaban J connectivity index is 2.35. The van der Waals surface area contributed by atoms with Gasteiger partial charge in [0.25, 0.3) is 0 Å². The zero-order valence-electron chi connectivity index (χ0n) is 10.7. The standard InChI is InChI=1S/C13H14N6/c1-7-8(2)17-11-4-3-9(5-10(7)11)18-19-12(6-14)13(15)16/h3-5,17-18H,1-2H3,(H3,15,16)/b19-12+.